The maximum absolute atomic E-state index is 5.79. The number of anilines is 1. The van der Waals surface area contributed by atoms with E-state index >= 15 is 0 Å². The second-order valence-corrected chi connectivity index (χ2v) is 6.02. The molecule has 20 heavy (non-hydrogen) atoms. The van der Waals surface area contributed by atoms with E-state index in [9.17, 15) is 0 Å². The van der Waals surface area contributed by atoms with Crippen molar-refractivity contribution in [1.82, 2.24) is 9.97 Å². The molecule has 1 fully saturated rings. The van der Waals surface area contributed by atoms with Crippen molar-refractivity contribution >= 4 is 21.7 Å². The third-order valence-electron chi connectivity index (χ3n) is 3.53. The fraction of sp³-hybridized carbons (Fsp3) is 0.733. The Balaban J connectivity index is 2.14. The first-order valence-corrected chi connectivity index (χ1v) is 8.44. The summed E-state index contributed by atoms with van der Waals surface area (Å²) < 4.78 is 6.80. The molecule has 0 aromatic carbocycles. The maximum Gasteiger partial charge on any atom is 0.144 e. The van der Waals surface area contributed by atoms with Gasteiger partial charge in [0, 0.05) is 19.6 Å². The van der Waals surface area contributed by atoms with Crippen LogP contribution in [0.4, 0.5) is 5.82 Å². The molecule has 1 aliphatic rings. The SMILES string of the molecule is CCCNc1nc(CC2CCCCO2)nc(CC)c1Br. The second-order valence-electron chi connectivity index (χ2n) is 5.22. The number of hydrogen-bond acceptors (Lipinski definition) is 4. The molecule has 0 radical (unpaired) electrons. The molecule has 0 amide bonds. The summed E-state index contributed by atoms with van der Waals surface area (Å²) >= 11 is 3.61. The normalized spacial score (nSPS) is 19.1. The van der Waals surface area contributed by atoms with E-state index in [2.05, 4.69) is 45.1 Å². The molecule has 5 heteroatoms. The average molecular weight is 342 g/mol. The quantitative estimate of drug-likeness (QED) is 0.856. The predicted octanol–water partition coefficient (Wildman–Crippen LogP) is 3.74. The van der Waals surface area contributed by atoms with Crippen LogP contribution in [0.3, 0.4) is 0 Å². The summed E-state index contributed by atoms with van der Waals surface area (Å²) in [7, 11) is 0. The minimum absolute atomic E-state index is 0.286. The molecule has 1 aromatic heterocycles. The Kier molecular flexibility index (Phi) is 6.23. The van der Waals surface area contributed by atoms with Gasteiger partial charge in [0.05, 0.1) is 16.3 Å². The summed E-state index contributed by atoms with van der Waals surface area (Å²) in [5, 5.41) is 3.38. The van der Waals surface area contributed by atoms with E-state index in [0.717, 1.165) is 60.6 Å². The molecule has 0 aliphatic carbocycles. The van der Waals surface area contributed by atoms with E-state index in [1.165, 1.54) is 12.8 Å². The zero-order valence-corrected chi connectivity index (χ0v) is 14.0. The molecule has 2 heterocycles. The molecule has 0 spiro atoms. The van der Waals surface area contributed by atoms with Crippen LogP contribution in [0.2, 0.25) is 0 Å². The number of nitrogens with one attached hydrogen (secondary N) is 1. The molecule has 2 rings (SSSR count). The number of hydrogen-bond donors (Lipinski definition) is 1. The molecule has 0 saturated carbocycles. The van der Waals surface area contributed by atoms with E-state index in [1.54, 1.807) is 0 Å². The molecular formula is C15H24BrN3O. The number of rotatable bonds is 6. The Morgan fingerprint density at radius 2 is 2.15 bits per heavy atom. The third-order valence-corrected chi connectivity index (χ3v) is 4.36. The zero-order chi connectivity index (χ0) is 14.4. The minimum Gasteiger partial charge on any atom is -0.378 e. The lowest BCUT2D eigenvalue weighted by molar-refractivity contribution is 0.0156. The first-order valence-electron chi connectivity index (χ1n) is 7.65. The van der Waals surface area contributed by atoms with E-state index < -0.39 is 0 Å². The zero-order valence-electron chi connectivity index (χ0n) is 12.4. The van der Waals surface area contributed by atoms with Crippen molar-refractivity contribution in [1.29, 1.82) is 0 Å². The van der Waals surface area contributed by atoms with Gasteiger partial charge in [-0.05, 0) is 48.0 Å². The van der Waals surface area contributed by atoms with Crippen LogP contribution in [0.1, 0.15) is 51.0 Å². The van der Waals surface area contributed by atoms with Gasteiger partial charge in [-0.2, -0.15) is 0 Å². The maximum atomic E-state index is 5.79. The molecule has 1 aliphatic heterocycles. The molecule has 1 N–H and O–H groups in total. The van der Waals surface area contributed by atoms with E-state index in [-0.39, 0.29) is 6.10 Å². The number of aromatic nitrogens is 2. The standard InChI is InChI=1S/C15H24BrN3O/c1-3-8-17-15-14(16)12(4-2)18-13(19-15)10-11-7-5-6-9-20-11/h11H,3-10H2,1-2H3,(H,17,18,19). The first-order chi connectivity index (χ1) is 9.74. The van der Waals surface area contributed by atoms with Gasteiger partial charge in [0.15, 0.2) is 0 Å². The Morgan fingerprint density at radius 3 is 2.80 bits per heavy atom. The fourth-order valence-electron chi connectivity index (χ4n) is 2.40. The smallest absolute Gasteiger partial charge is 0.144 e. The Bertz CT molecular complexity index is 433. The van der Waals surface area contributed by atoms with Crippen LogP contribution >= 0.6 is 15.9 Å². The molecule has 0 bridgehead atoms. The van der Waals surface area contributed by atoms with E-state index in [1.807, 2.05) is 0 Å². The first kappa shape index (κ1) is 15.7. The monoisotopic (exact) mass is 341 g/mol. The van der Waals surface area contributed by atoms with E-state index in [4.69, 9.17) is 4.74 Å². The van der Waals surface area contributed by atoms with Gasteiger partial charge in [-0.3, -0.25) is 0 Å². The van der Waals surface area contributed by atoms with Crippen LogP contribution in [0.5, 0.6) is 0 Å². The molecule has 112 valence electrons. The fourth-order valence-corrected chi connectivity index (χ4v) is 3.00. The highest BCUT2D eigenvalue weighted by Gasteiger charge is 2.18. The van der Waals surface area contributed by atoms with Gasteiger partial charge >= 0.3 is 0 Å². The van der Waals surface area contributed by atoms with Crippen molar-refractivity contribution in [3.8, 4) is 0 Å². The highest BCUT2D eigenvalue weighted by molar-refractivity contribution is 9.10. The third kappa shape index (κ3) is 4.16. The summed E-state index contributed by atoms with van der Waals surface area (Å²) in [6.07, 6.45) is 6.65. The van der Waals surface area contributed by atoms with Gasteiger partial charge in [0.2, 0.25) is 0 Å². The van der Waals surface area contributed by atoms with Gasteiger partial charge in [-0.25, -0.2) is 9.97 Å². The number of aryl methyl sites for hydroxylation is 1. The lowest BCUT2D eigenvalue weighted by atomic mass is 10.1. The Hall–Kier alpha value is -0.680. The number of halogens is 1. The summed E-state index contributed by atoms with van der Waals surface area (Å²) in [6, 6.07) is 0. The number of nitrogens with zero attached hydrogens (tertiary/aromatic N) is 2. The molecule has 1 saturated heterocycles. The van der Waals surface area contributed by atoms with Crippen LogP contribution in [0.15, 0.2) is 4.47 Å². The van der Waals surface area contributed by atoms with Crippen LogP contribution in [-0.4, -0.2) is 29.2 Å². The minimum atomic E-state index is 0.286. The summed E-state index contributed by atoms with van der Waals surface area (Å²) in [5.41, 5.74) is 1.07. The van der Waals surface area contributed by atoms with Crippen molar-refractivity contribution in [2.45, 2.75) is 58.5 Å². The van der Waals surface area contributed by atoms with Gasteiger partial charge in [-0.1, -0.05) is 13.8 Å². The van der Waals surface area contributed by atoms with Crippen molar-refractivity contribution < 1.29 is 4.74 Å². The van der Waals surface area contributed by atoms with E-state index in [0.29, 0.717) is 0 Å². The Labute approximate surface area is 129 Å². The summed E-state index contributed by atoms with van der Waals surface area (Å²) in [5.74, 6) is 1.82. The van der Waals surface area contributed by atoms with Gasteiger partial charge < -0.3 is 10.1 Å². The van der Waals surface area contributed by atoms with Crippen LogP contribution in [-0.2, 0) is 17.6 Å². The lowest BCUT2D eigenvalue weighted by Gasteiger charge is -2.22. The molecule has 4 nitrogen and oxygen atoms in total. The lowest BCUT2D eigenvalue weighted by Crippen LogP contribution is -2.23. The molecule has 1 aromatic rings. The van der Waals surface area contributed by atoms with Crippen molar-refractivity contribution in [2.75, 3.05) is 18.5 Å². The highest BCUT2D eigenvalue weighted by atomic mass is 79.9. The van der Waals surface area contributed by atoms with Crippen molar-refractivity contribution in [3.05, 3.63) is 16.0 Å². The highest BCUT2D eigenvalue weighted by Crippen LogP contribution is 2.25. The van der Waals surface area contributed by atoms with Gasteiger partial charge in [-0.15, -0.1) is 0 Å². The van der Waals surface area contributed by atoms with Crippen LogP contribution in [0, 0.1) is 0 Å². The average Bonchev–Trinajstić information content (AvgIpc) is 2.48. The molecule has 1 atom stereocenters. The van der Waals surface area contributed by atoms with Gasteiger partial charge in [0.1, 0.15) is 11.6 Å². The largest absolute Gasteiger partial charge is 0.378 e. The van der Waals surface area contributed by atoms with Crippen molar-refractivity contribution in [3.63, 3.8) is 0 Å². The molecular weight excluding hydrogens is 318 g/mol. The second kappa shape index (κ2) is 7.93. The Morgan fingerprint density at radius 1 is 1.30 bits per heavy atom. The topological polar surface area (TPSA) is 47.0 Å². The van der Waals surface area contributed by atoms with Gasteiger partial charge in [0.25, 0.3) is 0 Å². The molecule has 1 unspecified atom stereocenters. The number of ether oxygens (including phenoxy) is 1. The summed E-state index contributed by atoms with van der Waals surface area (Å²) in [4.78, 5) is 9.34. The van der Waals surface area contributed by atoms with Crippen LogP contribution < -0.4 is 5.32 Å². The van der Waals surface area contributed by atoms with Crippen LogP contribution in [0.25, 0.3) is 0 Å². The van der Waals surface area contributed by atoms with Crippen molar-refractivity contribution in [2.24, 2.45) is 0 Å². The summed E-state index contributed by atoms with van der Waals surface area (Å²) in [6.45, 7) is 6.08. The predicted molar refractivity (Wildman–Crippen MR) is 85.2 cm³/mol.